The third-order valence-electron chi connectivity index (χ3n) is 2.60. The molecule has 0 saturated heterocycles. The van der Waals surface area contributed by atoms with Crippen LogP contribution in [0.2, 0.25) is 0 Å². The molecule has 1 aromatic rings. The summed E-state index contributed by atoms with van der Waals surface area (Å²) in [4.78, 5) is 10.8. The normalized spacial score (nSPS) is 13.1. The van der Waals surface area contributed by atoms with Crippen molar-refractivity contribution in [1.29, 1.82) is 0 Å². The summed E-state index contributed by atoms with van der Waals surface area (Å²) in [7, 11) is 0. The second-order valence-electron chi connectivity index (χ2n) is 5.53. The fourth-order valence-corrected chi connectivity index (χ4v) is 1.75. The molecular weight excluding hydrogens is 230 g/mol. The number of hydrogen-bond donors (Lipinski definition) is 2. The minimum Gasteiger partial charge on any atom is -0.508 e. The molecule has 0 aliphatic rings. The first-order valence-electron chi connectivity index (χ1n) is 5.98. The maximum atomic E-state index is 10.8. The molecule has 1 amide bonds. The summed E-state index contributed by atoms with van der Waals surface area (Å²) in [5, 5.41) is 9.82. The van der Waals surface area contributed by atoms with Crippen LogP contribution < -0.4 is 10.5 Å². The Morgan fingerprint density at radius 1 is 1.44 bits per heavy atom. The SMILES string of the molecule is CC(CC(N)=O)Oc1ccc(O)c(C(C)(C)C)c1. The number of ether oxygens (including phenoxy) is 1. The molecule has 0 bridgehead atoms. The first-order valence-corrected chi connectivity index (χ1v) is 5.98. The smallest absolute Gasteiger partial charge is 0.221 e. The number of phenolic OH excluding ortho intramolecular Hbond substituents is 1. The van der Waals surface area contributed by atoms with Gasteiger partial charge in [0.15, 0.2) is 0 Å². The van der Waals surface area contributed by atoms with Gasteiger partial charge in [-0.3, -0.25) is 4.79 Å². The molecule has 0 saturated carbocycles. The Morgan fingerprint density at radius 2 is 2.06 bits per heavy atom. The van der Waals surface area contributed by atoms with Gasteiger partial charge in [-0.25, -0.2) is 0 Å². The summed E-state index contributed by atoms with van der Waals surface area (Å²) in [5.41, 5.74) is 5.75. The molecule has 18 heavy (non-hydrogen) atoms. The highest BCUT2D eigenvalue weighted by atomic mass is 16.5. The fourth-order valence-electron chi connectivity index (χ4n) is 1.75. The Kier molecular flexibility index (Phi) is 4.22. The minimum atomic E-state index is -0.391. The Hall–Kier alpha value is -1.71. The van der Waals surface area contributed by atoms with Crippen LogP contribution in [-0.2, 0) is 10.2 Å². The van der Waals surface area contributed by atoms with Crippen LogP contribution in [0.1, 0.15) is 39.7 Å². The van der Waals surface area contributed by atoms with Crippen LogP contribution in [0, 0.1) is 0 Å². The second-order valence-corrected chi connectivity index (χ2v) is 5.53. The number of carbonyl (C=O) groups excluding carboxylic acids is 1. The molecule has 1 aromatic carbocycles. The molecule has 0 aromatic heterocycles. The molecule has 4 nitrogen and oxygen atoms in total. The van der Waals surface area contributed by atoms with Crippen molar-refractivity contribution in [2.75, 3.05) is 0 Å². The van der Waals surface area contributed by atoms with Gasteiger partial charge in [0.1, 0.15) is 17.6 Å². The summed E-state index contributed by atoms with van der Waals surface area (Å²) in [6.45, 7) is 7.82. The lowest BCUT2D eigenvalue weighted by Gasteiger charge is -2.22. The topological polar surface area (TPSA) is 72.6 Å². The van der Waals surface area contributed by atoms with Crippen molar-refractivity contribution in [2.24, 2.45) is 5.73 Å². The van der Waals surface area contributed by atoms with E-state index >= 15 is 0 Å². The predicted octanol–water partition coefficient (Wildman–Crippen LogP) is 2.33. The zero-order valence-corrected chi connectivity index (χ0v) is 11.4. The molecule has 100 valence electrons. The molecule has 0 aliphatic heterocycles. The average molecular weight is 251 g/mol. The molecule has 0 aliphatic carbocycles. The third-order valence-corrected chi connectivity index (χ3v) is 2.60. The van der Waals surface area contributed by atoms with Crippen LogP contribution in [-0.4, -0.2) is 17.1 Å². The van der Waals surface area contributed by atoms with Gasteiger partial charge in [-0.05, 0) is 30.5 Å². The fraction of sp³-hybridized carbons (Fsp3) is 0.500. The lowest BCUT2D eigenvalue weighted by molar-refractivity contribution is -0.119. The standard InChI is InChI=1S/C14H21NO3/c1-9(7-13(15)17)18-10-5-6-12(16)11(8-10)14(2,3)4/h5-6,8-9,16H,7H2,1-4H3,(H2,15,17). The maximum Gasteiger partial charge on any atom is 0.221 e. The molecule has 1 rings (SSSR count). The highest BCUT2D eigenvalue weighted by molar-refractivity contribution is 5.74. The molecule has 0 radical (unpaired) electrons. The number of rotatable bonds is 4. The van der Waals surface area contributed by atoms with Gasteiger partial charge in [0.25, 0.3) is 0 Å². The summed E-state index contributed by atoms with van der Waals surface area (Å²) >= 11 is 0. The Balaban J connectivity index is 2.89. The largest absolute Gasteiger partial charge is 0.508 e. The Morgan fingerprint density at radius 3 is 2.56 bits per heavy atom. The van der Waals surface area contributed by atoms with E-state index in [9.17, 15) is 9.90 Å². The van der Waals surface area contributed by atoms with E-state index in [0.29, 0.717) is 5.75 Å². The molecule has 4 heteroatoms. The zero-order chi connectivity index (χ0) is 13.9. The van der Waals surface area contributed by atoms with E-state index in [0.717, 1.165) is 5.56 Å². The van der Waals surface area contributed by atoms with Gasteiger partial charge in [0, 0.05) is 5.56 Å². The minimum absolute atomic E-state index is 0.170. The van der Waals surface area contributed by atoms with E-state index in [4.69, 9.17) is 10.5 Å². The third kappa shape index (κ3) is 3.95. The van der Waals surface area contributed by atoms with E-state index in [1.54, 1.807) is 25.1 Å². The van der Waals surface area contributed by atoms with E-state index in [-0.39, 0.29) is 23.7 Å². The summed E-state index contributed by atoms with van der Waals surface area (Å²) in [6, 6.07) is 5.09. The van der Waals surface area contributed by atoms with Crippen molar-refractivity contribution >= 4 is 5.91 Å². The van der Waals surface area contributed by atoms with Crippen LogP contribution >= 0.6 is 0 Å². The van der Waals surface area contributed by atoms with Gasteiger partial charge >= 0.3 is 0 Å². The van der Waals surface area contributed by atoms with Gasteiger partial charge in [-0.2, -0.15) is 0 Å². The summed E-state index contributed by atoms with van der Waals surface area (Å²) < 4.78 is 5.60. The highest BCUT2D eigenvalue weighted by Gasteiger charge is 2.19. The second kappa shape index (κ2) is 5.29. The van der Waals surface area contributed by atoms with Crippen LogP contribution in [0.25, 0.3) is 0 Å². The molecule has 1 unspecified atom stereocenters. The van der Waals surface area contributed by atoms with Crippen molar-refractivity contribution in [2.45, 2.75) is 45.6 Å². The monoisotopic (exact) mass is 251 g/mol. The molecule has 0 spiro atoms. The van der Waals surface area contributed by atoms with Gasteiger partial charge < -0.3 is 15.6 Å². The van der Waals surface area contributed by atoms with Crippen molar-refractivity contribution < 1.29 is 14.6 Å². The number of nitrogens with two attached hydrogens (primary N) is 1. The van der Waals surface area contributed by atoms with E-state index in [1.807, 2.05) is 20.8 Å². The molecular formula is C14H21NO3. The molecule has 3 N–H and O–H groups in total. The lowest BCUT2D eigenvalue weighted by atomic mass is 9.86. The number of aromatic hydroxyl groups is 1. The van der Waals surface area contributed by atoms with E-state index < -0.39 is 5.91 Å². The van der Waals surface area contributed by atoms with Gasteiger partial charge in [0.05, 0.1) is 6.42 Å². The Bertz CT molecular complexity index is 435. The molecule has 0 heterocycles. The first kappa shape index (κ1) is 14.4. The number of amides is 1. The number of phenols is 1. The molecule has 0 fully saturated rings. The first-order chi connectivity index (χ1) is 8.20. The number of primary amides is 1. The quantitative estimate of drug-likeness (QED) is 0.862. The number of carbonyl (C=O) groups is 1. The zero-order valence-electron chi connectivity index (χ0n) is 11.4. The van der Waals surface area contributed by atoms with Gasteiger partial charge in [-0.1, -0.05) is 20.8 Å². The van der Waals surface area contributed by atoms with E-state index in [1.165, 1.54) is 0 Å². The average Bonchev–Trinajstić information content (AvgIpc) is 2.17. The van der Waals surface area contributed by atoms with Crippen molar-refractivity contribution in [3.8, 4) is 11.5 Å². The number of hydrogen-bond acceptors (Lipinski definition) is 3. The van der Waals surface area contributed by atoms with Crippen LogP contribution in [0.5, 0.6) is 11.5 Å². The molecule has 1 atom stereocenters. The van der Waals surface area contributed by atoms with Crippen molar-refractivity contribution in [1.82, 2.24) is 0 Å². The Labute approximate surface area is 108 Å². The van der Waals surface area contributed by atoms with Crippen LogP contribution in [0.4, 0.5) is 0 Å². The predicted molar refractivity (Wildman–Crippen MR) is 70.7 cm³/mol. The summed E-state index contributed by atoms with van der Waals surface area (Å²) in [6.07, 6.45) is -0.106. The lowest BCUT2D eigenvalue weighted by Crippen LogP contribution is -2.22. The van der Waals surface area contributed by atoms with E-state index in [2.05, 4.69) is 0 Å². The highest BCUT2D eigenvalue weighted by Crippen LogP contribution is 2.33. The van der Waals surface area contributed by atoms with Gasteiger partial charge in [0.2, 0.25) is 5.91 Å². The van der Waals surface area contributed by atoms with Crippen molar-refractivity contribution in [3.63, 3.8) is 0 Å². The van der Waals surface area contributed by atoms with Crippen LogP contribution in [0.3, 0.4) is 0 Å². The summed E-state index contributed by atoms with van der Waals surface area (Å²) in [5.74, 6) is 0.487. The van der Waals surface area contributed by atoms with Gasteiger partial charge in [-0.15, -0.1) is 0 Å². The maximum absolute atomic E-state index is 10.8. The van der Waals surface area contributed by atoms with Crippen LogP contribution in [0.15, 0.2) is 18.2 Å². The number of benzene rings is 1. The van der Waals surface area contributed by atoms with Crippen molar-refractivity contribution in [3.05, 3.63) is 23.8 Å².